The minimum absolute atomic E-state index is 0.0780. The summed E-state index contributed by atoms with van der Waals surface area (Å²) in [6, 6.07) is 14.3. The van der Waals surface area contributed by atoms with E-state index in [0.717, 1.165) is 24.8 Å². The highest BCUT2D eigenvalue weighted by molar-refractivity contribution is 7.89. The molecule has 1 aliphatic heterocycles. The topological polar surface area (TPSA) is 102 Å². The Balaban J connectivity index is 1.43. The van der Waals surface area contributed by atoms with Crippen LogP contribution in [0.5, 0.6) is 5.75 Å². The van der Waals surface area contributed by atoms with Gasteiger partial charge in [0.15, 0.2) is 11.7 Å². The smallest absolute Gasteiger partial charge is 0.246 e. The number of rotatable bonds is 9. The summed E-state index contributed by atoms with van der Waals surface area (Å²) in [6.07, 6.45) is 4.83. The summed E-state index contributed by atoms with van der Waals surface area (Å²) in [5.41, 5.74) is 1.32. The van der Waals surface area contributed by atoms with Crippen molar-refractivity contribution in [3.63, 3.8) is 0 Å². The molecule has 2 heterocycles. The number of carbonyl (C=O) groups excluding carboxylic acids is 1. The molecule has 4 rings (SSSR count). The van der Waals surface area contributed by atoms with Crippen LogP contribution in [0.1, 0.15) is 38.5 Å². The molecule has 0 bridgehead atoms. The van der Waals surface area contributed by atoms with Crippen LogP contribution >= 0.6 is 0 Å². The van der Waals surface area contributed by atoms with E-state index in [0.29, 0.717) is 49.2 Å². The van der Waals surface area contributed by atoms with Crippen molar-refractivity contribution in [1.29, 1.82) is 0 Å². The van der Waals surface area contributed by atoms with Gasteiger partial charge in [-0.1, -0.05) is 36.8 Å². The van der Waals surface area contributed by atoms with Crippen molar-refractivity contribution < 1.29 is 22.4 Å². The number of oxazole rings is 1. The van der Waals surface area contributed by atoms with Crippen LogP contribution in [-0.2, 0) is 21.2 Å². The number of aryl methyl sites for hydroxylation is 1. The predicted octanol–water partition coefficient (Wildman–Crippen LogP) is 4.49. The van der Waals surface area contributed by atoms with Gasteiger partial charge in [0.2, 0.25) is 15.9 Å². The average molecular weight is 484 g/mol. The fraction of sp³-hybridized carbons (Fsp3) is 0.360. The zero-order chi connectivity index (χ0) is 24.0. The highest BCUT2D eigenvalue weighted by atomic mass is 32.2. The minimum atomic E-state index is -3.72. The van der Waals surface area contributed by atoms with E-state index < -0.39 is 10.0 Å². The number of benzene rings is 2. The van der Waals surface area contributed by atoms with Crippen molar-refractivity contribution in [2.24, 2.45) is 0 Å². The molecule has 0 saturated carbocycles. The zero-order valence-corrected chi connectivity index (χ0v) is 20.0. The number of ether oxygens (including phenoxy) is 1. The minimum Gasteiger partial charge on any atom is -0.492 e. The summed E-state index contributed by atoms with van der Waals surface area (Å²) in [5.74, 6) is 1.15. The molecule has 0 spiro atoms. The van der Waals surface area contributed by atoms with Gasteiger partial charge in [-0.05, 0) is 38.0 Å². The zero-order valence-electron chi connectivity index (χ0n) is 19.2. The molecule has 0 radical (unpaired) electrons. The summed E-state index contributed by atoms with van der Waals surface area (Å²) in [4.78, 5) is 16.9. The van der Waals surface area contributed by atoms with Gasteiger partial charge < -0.3 is 14.5 Å². The van der Waals surface area contributed by atoms with E-state index in [2.05, 4.69) is 10.3 Å². The van der Waals surface area contributed by atoms with Gasteiger partial charge in [-0.3, -0.25) is 4.79 Å². The average Bonchev–Trinajstić information content (AvgIpc) is 3.34. The quantitative estimate of drug-likeness (QED) is 0.481. The fourth-order valence-electron chi connectivity index (χ4n) is 3.91. The first-order valence-corrected chi connectivity index (χ1v) is 13.0. The number of hydrogen-bond acceptors (Lipinski definition) is 6. The highest BCUT2D eigenvalue weighted by Crippen LogP contribution is 2.31. The Morgan fingerprint density at radius 1 is 1.12 bits per heavy atom. The third-order valence-corrected chi connectivity index (χ3v) is 7.56. The molecule has 180 valence electrons. The molecular weight excluding hydrogens is 454 g/mol. The van der Waals surface area contributed by atoms with Crippen LogP contribution < -0.4 is 10.1 Å². The summed E-state index contributed by atoms with van der Waals surface area (Å²) < 4.78 is 39.4. The maximum absolute atomic E-state index is 13.3. The van der Waals surface area contributed by atoms with Crippen molar-refractivity contribution in [2.45, 2.75) is 43.9 Å². The second-order valence-corrected chi connectivity index (χ2v) is 10.00. The summed E-state index contributed by atoms with van der Waals surface area (Å²) in [7, 11) is -3.72. The lowest BCUT2D eigenvalue weighted by Crippen LogP contribution is -2.35. The number of anilines is 1. The van der Waals surface area contributed by atoms with Crippen molar-refractivity contribution >= 4 is 21.6 Å². The summed E-state index contributed by atoms with van der Waals surface area (Å²) >= 11 is 0. The van der Waals surface area contributed by atoms with Gasteiger partial charge in [0, 0.05) is 37.2 Å². The second-order valence-electron chi connectivity index (χ2n) is 8.09. The summed E-state index contributed by atoms with van der Waals surface area (Å²) in [5, 5.41) is 2.79. The molecule has 0 aliphatic carbocycles. The molecule has 1 saturated heterocycles. The molecule has 0 unspecified atom stereocenters. The van der Waals surface area contributed by atoms with E-state index in [1.54, 1.807) is 25.3 Å². The van der Waals surface area contributed by atoms with Gasteiger partial charge >= 0.3 is 0 Å². The predicted molar refractivity (Wildman–Crippen MR) is 129 cm³/mol. The molecule has 34 heavy (non-hydrogen) atoms. The second kappa shape index (κ2) is 10.8. The van der Waals surface area contributed by atoms with Crippen LogP contribution in [0.25, 0.3) is 11.3 Å². The summed E-state index contributed by atoms with van der Waals surface area (Å²) in [6.45, 7) is 3.13. The number of piperidine rings is 1. The van der Waals surface area contributed by atoms with Crippen LogP contribution in [0.15, 0.2) is 64.0 Å². The number of nitrogens with zero attached hydrogens (tertiary/aromatic N) is 2. The standard InChI is InChI=1S/C25H29N3O5S/c1-2-32-21-12-11-20(17-23(21)34(30,31)28-15-7-4-8-16-28)27-24(29)13-14-25-26-18-22(33-25)19-9-5-3-6-10-19/h3,5-6,9-12,17-18H,2,4,7-8,13-16H2,1H3,(H,27,29). The number of aromatic nitrogens is 1. The van der Waals surface area contributed by atoms with E-state index in [4.69, 9.17) is 9.15 Å². The van der Waals surface area contributed by atoms with Crippen LogP contribution in [0.4, 0.5) is 5.69 Å². The van der Waals surface area contributed by atoms with Crippen LogP contribution in [0, 0.1) is 0 Å². The molecule has 1 N–H and O–H groups in total. The van der Waals surface area contributed by atoms with Gasteiger partial charge in [-0.25, -0.2) is 13.4 Å². The van der Waals surface area contributed by atoms with Crippen LogP contribution in [0.3, 0.4) is 0 Å². The fourth-order valence-corrected chi connectivity index (χ4v) is 5.59. The van der Waals surface area contributed by atoms with E-state index in [1.807, 2.05) is 30.3 Å². The third-order valence-electron chi connectivity index (χ3n) is 5.64. The Hall–Kier alpha value is -3.17. The first-order valence-electron chi connectivity index (χ1n) is 11.5. The number of hydrogen-bond donors (Lipinski definition) is 1. The van der Waals surface area contributed by atoms with Crippen LogP contribution in [0.2, 0.25) is 0 Å². The normalized spacial score (nSPS) is 14.6. The van der Waals surface area contributed by atoms with E-state index in [9.17, 15) is 13.2 Å². The Kier molecular flexibility index (Phi) is 7.64. The Morgan fingerprint density at radius 3 is 2.62 bits per heavy atom. The van der Waals surface area contributed by atoms with Crippen molar-refractivity contribution in [1.82, 2.24) is 9.29 Å². The van der Waals surface area contributed by atoms with E-state index in [1.165, 1.54) is 10.4 Å². The van der Waals surface area contributed by atoms with Gasteiger partial charge in [-0.15, -0.1) is 0 Å². The Bertz CT molecular complexity index is 1220. The lowest BCUT2D eigenvalue weighted by Gasteiger charge is -2.27. The van der Waals surface area contributed by atoms with Crippen molar-refractivity contribution in [2.75, 3.05) is 25.0 Å². The van der Waals surface area contributed by atoms with Gasteiger partial charge in [0.1, 0.15) is 10.6 Å². The molecule has 0 atom stereocenters. The number of carbonyl (C=O) groups is 1. The molecule has 1 aliphatic rings. The van der Waals surface area contributed by atoms with Crippen LogP contribution in [-0.4, -0.2) is 43.3 Å². The molecule has 8 nitrogen and oxygen atoms in total. The van der Waals surface area contributed by atoms with Gasteiger partial charge in [-0.2, -0.15) is 4.31 Å². The maximum atomic E-state index is 13.3. The lowest BCUT2D eigenvalue weighted by atomic mass is 10.2. The largest absolute Gasteiger partial charge is 0.492 e. The lowest BCUT2D eigenvalue weighted by molar-refractivity contribution is -0.116. The van der Waals surface area contributed by atoms with Crippen molar-refractivity contribution in [3.8, 4) is 17.1 Å². The van der Waals surface area contributed by atoms with Crippen molar-refractivity contribution in [3.05, 3.63) is 60.6 Å². The highest BCUT2D eigenvalue weighted by Gasteiger charge is 2.29. The first-order chi connectivity index (χ1) is 16.5. The Morgan fingerprint density at radius 2 is 1.88 bits per heavy atom. The monoisotopic (exact) mass is 483 g/mol. The van der Waals surface area contributed by atoms with Gasteiger partial charge in [0.05, 0.1) is 12.8 Å². The van der Waals surface area contributed by atoms with E-state index >= 15 is 0 Å². The van der Waals surface area contributed by atoms with Gasteiger partial charge in [0.25, 0.3) is 0 Å². The molecule has 1 fully saturated rings. The Labute approximate surface area is 200 Å². The SMILES string of the molecule is CCOc1ccc(NC(=O)CCc2ncc(-c3ccccc3)o2)cc1S(=O)(=O)N1CCCCC1. The third kappa shape index (κ3) is 5.66. The molecule has 2 aromatic carbocycles. The molecule has 1 aromatic heterocycles. The van der Waals surface area contributed by atoms with E-state index in [-0.39, 0.29) is 17.2 Å². The maximum Gasteiger partial charge on any atom is 0.246 e. The molecular formula is C25H29N3O5S. The number of nitrogens with one attached hydrogen (secondary N) is 1. The first kappa shape index (κ1) is 24.0. The molecule has 3 aromatic rings. The number of amides is 1. The molecule has 9 heteroatoms. The number of sulfonamides is 1. The molecule has 1 amide bonds.